The van der Waals surface area contributed by atoms with Crippen LogP contribution in [0.3, 0.4) is 0 Å². The number of aromatic nitrogens is 3. The first-order valence-electron chi connectivity index (χ1n) is 1.55. The molecule has 0 saturated heterocycles. The Bertz CT molecular complexity index is 86.2. The van der Waals surface area contributed by atoms with Gasteiger partial charge in [0.05, 0.1) is 0 Å². The largest absolute Gasteiger partial charge is 0.225 e. The zero-order valence-electron chi connectivity index (χ0n) is 4.30. The van der Waals surface area contributed by atoms with Crippen molar-refractivity contribution < 1.29 is 0 Å². The van der Waals surface area contributed by atoms with Gasteiger partial charge in [-0.25, -0.2) is 15.0 Å². The quantitative estimate of drug-likeness (QED) is 0.549. The molecule has 0 spiro atoms. The molecule has 3 nitrogen and oxygen atoms in total. The number of rotatable bonds is 0. The van der Waals surface area contributed by atoms with Gasteiger partial charge >= 0.3 is 0 Å². The summed E-state index contributed by atoms with van der Waals surface area (Å²) in [5, 5.41) is 0. The van der Waals surface area contributed by atoms with Crippen LogP contribution in [-0.2, 0) is 0 Å². The van der Waals surface area contributed by atoms with Crippen LogP contribution in [0.4, 0.5) is 0 Å². The first kappa shape index (κ1) is 16.7. The zero-order valence-corrected chi connectivity index (χ0v) is 11.3. The summed E-state index contributed by atoms with van der Waals surface area (Å²) in [4.78, 5) is 10.7. The fraction of sp³-hybridized carbons (Fsp3) is 0. The van der Waals surface area contributed by atoms with E-state index in [1.54, 1.807) is 0 Å². The number of nitrogens with zero attached hydrogens (tertiary/aromatic N) is 3. The molecule has 0 radical (unpaired) electrons. The van der Waals surface area contributed by atoms with E-state index in [4.69, 9.17) is 0 Å². The normalized spacial score (nSPS) is 5.33. The molecule has 0 aliphatic carbocycles. The Hall–Kier alpha value is 1.20. The Labute approximate surface area is 105 Å². The summed E-state index contributed by atoms with van der Waals surface area (Å²) in [6.45, 7) is 0. The van der Waals surface area contributed by atoms with Crippen molar-refractivity contribution in [2.45, 2.75) is 0 Å². The van der Waals surface area contributed by atoms with Crippen molar-refractivity contribution in [3.05, 3.63) is 19.0 Å². The molecule has 0 unspecified atom stereocenters. The molecule has 54 valence electrons. The van der Waals surface area contributed by atoms with E-state index in [0.717, 1.165) is 0 Å². The lowest BCUT2D eigenvalue weighted by Gasteiger charge is -1.69. The second-order valence-electron chi connectivity index (χ2n) is 0.794. The molecule has 0 amide bonds. The molecule has 0 saturated carbocycles. The Kier molecular flexibility index (Phi) is 22.1. The SMILES string of the molecule is I.I.I.c1ncncn1. The maximum absolute atomic E-state index is 3.56. The van der Waals surface area contributed by atoms with E-state index in [0.29, 0.717) is 0 Å². The molecule has 0 aliphatic rings. The van der Waals surface area contributed by atoms with Gasteiger partial charge < -0.3 is 0 Å². The lowest BCUT2D eigenvalue weighted by Crippen LogP contribution is -1.73. The molecule has 0 fully saturated rings. The van der Waals surface area contributed by atoms with E-state index in [9.17, 15) is 0 Å². The Balaban J connectivity index is -0.000000120. The van der Waals surface area contributed by atoms with Gasteiger partial charge in [0, 0.05) is 0 Å². The summed E-state index contributed by atoms with van der Waals surface area (Å²) in [5.41, 5.74) is 0. The smallest absolute Gasteiger partial charge is 0.119 e. The van der Waals surface area contributed by atoms with Gasteiger partial charge in [-0.1, -0.05) is 0 Å². The minimum atomic E-state index is 0. The van der Waals surface area contributed by atoms with Crippen molar-refractivity contribution in [2.24, 2.45) is 0 Å². The minimum Gasteiger partial charge on any atom is -0.225 e. The topological polar surface area (TPSA) is 38.7 Å². The second kappa shape index (κ2) is 11.9. The number of hydrogen-bond donors (Lipinski definition) is 0. The molecule has 1 aromatic rings. The summed E-state index contributed by atoms with van der Waals surface area (Å²) < 4.78 is 0. The van der Waals surface area contributed by atoms with Gasteiger partial charge in [0.2, 0.25) is 0 Å². The molecule has 1 heterocycles. The predicted octanol–water partition coefficient (Wildman–Crippen LogP) is 1.73. The second-order valence-corrected chi connectivity index (χ2v) is 0.794. The molecule has 1 rings (SSSR count). The van der Waals surface area contributed by atoms with Crippen LogP contribution in [0.2, 0.25) is 0 Å². The molecule has 1 aromatic heterocycles. The van der Waals surface area contributed by atoms with E-state index in [-0.39, 0.29) is 71.9 Å². The lowest BCUT2D eigenvalue weighted by molar-refractivity contribution is 1.05. The van der Waals surface area contributed by atoms with Gasteiger partial charge in [-0.3, -0.25) is 0 Å². The first-order valence-corrected chi connectivity index (χ1v) is 1.55. The molecule has 0 N–H and O–H groups in total. The standard InChI is InChI=1S/C3H3N3.3HI/c1-4-2-6-3-5-1;;;/h1-3H;3*1H. The average molecular weight is 465 g/mol. The molecule has 9 heavy (non-hydrogen) atoms. The summed E-state index contributed by atoms with van der Waals surface area (Å²) >= 11 is 0. The third kappa shape index (κ3) is 9.20. The fourth-order valence-corrected chi connectivity index (χ4v) is 0.205. The number of hydrogen-bond acceptors (Lipinski definition) is 3. The van der Waals surface area contributed by atoms with Gasteiger partial charge in [-0.2, -0.15) is 0 Å². The van der Waals surface area contributed by atoms with Crippen LogP contribution < -0.4 is 0 Å². The zero-order chi connectivity index (χ0) is 4.24. The summed E-state index contributed by atoms with van der Waals surface area (Å²) in [6, 6.07) is 0. The van der Waals surface area contributed by atoms with Gasteiger partial charge in [0.1, 0.15) is 19.0 Å². The van der Waals surface area contributed by atoms with Gasteiger partial charge in [-0.15, -0.1) is 71.9 Å². The molecular formula is C3H6I3N3. The molecule has 0 aliphatic heterocycles. The Morgan fingerprint density at radius 3 is 0.889 bits per heavy atom. The summed E-state index contributed by atoms with van der Waals surface area (Å²) in [7, 11) is 0. The monoisotopic (exact) mass is 465 g/mol. The highest BCUT2D eigenvalue weighted by molar-refractivity contribution is 14.0. The average Bonchev–Trinajstić information content (AvgIpc) is 1.72. The van der Waals surface area contributed by atoms with Crippen LogP contribution in [0, 0.1) is 0 Å². The fourth-order valence-electron chi connectivity index (χ4n) is 0.205. The van der Waals surface area contributed by atoms with Crippen LogP contribution in [0.15, 0.2) is 19.0 Å². The first-order chi connectivity index (χ1) is 3.00. The van der Waals surface area contributed by atoms with Crippen molar-refractivity contribution in [3.63, 3.8) is 0 Å². The van der Waals surface area contributed by atoms with E-state index in [2.05, 4.69) is 15.0 Å². The van der Waals surface area contributed by atoms with E-state index in [1.165, 1.54) is 19.0 Å². The Morgan fingerprint density at radius 1 is 0.556 bits per heavy atom. The highest BCUT2D eigenvalue weighted by atomic mass is 127. The minimum absolute atomic E-state index is 0. The third-order valence-electron chi connectivity index (χ3n) is 0.400. The van der Waals surface area contributed by atoms with Crippen molar-refractivity contribution >= 4 is 71.9 Å². The van der Waals surface area contributed by atoms with Gasteiger partial charge in [0.25, 0.3) is 0 Å². The van der Waals surface area contributed by atoms with Crippen LogP contribution in [-0.4, -0.2) is 15.0 Å². The molecule has 6 heteroatoms. The lowest BCUT2D eigenvalue weighted by atomic mass is 11.1. The van der Waals surface area contributed by atoms with Gasteiger partial charge in [-0.05, 0) is 0 Å². The maximum atomic E-state index is 3.56. The van der Waals surface area contributed by atoms with Gasteiger partial charge in [0.15, 0.2) is 0 Å². The summed E-state index contributed by atoms with van der Waals surface area (Å²) in [6.07, 6.45) is 4.31. The predicted molar refractivity (Wildman–Crippen MR) is 66.1 cm³/mol. The number of halogens is 3. The molecule has 0 aromatic carbocycles. The van der Waals surface area contributed by atoms with Crippen LogP contribution in [0.1, 0.15) is 0 Å². The van der Waals surface area contributed by atoms with Crippen molar-refractivity contribution in [1.29, 1.82) is 0 Å². The van der Waals surface area contributed by atoms with Crippen molar-refractivity contribution in [1.82, 2.24) is 15.0 Å². The summed E-state index contributed by atoms with van der Waals surface area (Å²) in [5.74, 6) is 0. The Morgan fingerprint density at radius 2 is 0.778 bits per heavy atom. The van der Waals surface area contributed by atoms with Crippen LogP contribution in [0.5, 0.6) is 0 Å². The third-order valence-corrected chi connectivity index (χ3v) is 0.400. The van der Waals surface area contributed by atoms with Crippen molar-refractivity contribution in [3.8, 4) is 0 Å². The van der Waals surface area contributed by atoms with Crippen molar-refractivity contribution in [2.75, 3.05) is 0 Å². The van der Waals surface area contributed by atoms with Crippen LogP contribution >= 0.6 is 71.9 Å². The molecule has 0 atom stereocenters. The molecular weight excluding hydrogens is 459 g/mol. The molecule has 0 bridgehead atoms. The maximum Gasteiger partial charge on any atom is 0.119 e. The van der Waals surface area contributed by atoms with E-state index in [1.807, 2.05) is 0 Å². The highest BCUT2D eigenvalue weighted by Crippen LogP contribution is 1.57. The van der Waals surface area contributed by atoms with E-state index < -0.39 is 0 Å². The van der Waals surface area contributed by atoms with E-state index >= 15 is 0 Å². The van der Waals surface area contributed by atoms with Crippen LogP contribution in [0.25, 0.3) is 0 Å². The highest BCUT2D eigenvalue weighted by Gasteiger charge is 1.59.